The number of nitrogens with zero attached hydrogens (tertiary/aromatic N) is 3. The molecule has 0 spiro atoms. The molecule has 82 valence electrons. The topological polar surface area (TPSA) is 56.5 Å². The second-order valence-corrected chi connectivity index (χ2v) is 3.93. The van der Waals surface area contributed by atoms with Gasteiger partial charge in [-0.05, 0) is 18.9 Å². The summed E-state index contributed by atoms with van der Waals surface area (Å²) < 4.78 is 6.43. The van der Waals surface area contributed by atoms with Gasteiger partial charge in [-0.1, -0.05) is 0 Å². The van der Waals surface area contributed by atoms with Gasteiger partial charge in [0.25, 0.3) is 0 Å². The molecule has 5 nitrogen and oxygen atoms in total. The van der Waals surface area contributed by atoms with Crippen LogP contribution in [0, 0.1) is 0 Å². The first kappa shape index (κ1) is 9.33. The van der Waals surface area contributed by atoms with Crippen LogP contribution in [0.3, 0.4) is 0 Å². The molecule has 1 aliphatic carbocycles. The first-order valence-corrected chi connectivity index (χ1v) is 5.22. The van der Waals surface area contributed by atoms with Crippen LogP contribution in [0.5, 0.6) is 0 Å². The molecule has 5 heteroatoms. The molecule has 1 fully saturated rings. The number of aromatic nitrogens is 3. The van der Waals surface area contributed by atoms with Crippen LogP contribution in [-0.4, -0.2) is 27.7 Å². The predicted molar refractivity (Wildman–Crippen MR) is 56.3 cm³/mol. The highest BCUT2D eigenvalue weighted by Crippen LogP contribution is 2.39. The molecule has 0 bridgehead atoms. The van der Waals surface area contributed by atoms with E-state index in [1.165, 1.54) is 26.1 Å². The molecule has 3 rings (SSSR count). The molecule has 2 aromatic rings. The first-order chi connectivity index (χ1) is 7.81. The van der Waals surface area contributed by atoms with Crippen molar-refractivity contribution >= 4 is 11.6 Å². The number of carbonyl (C=O) groups excluding carboxylic acids is 1. The van der Waals surface area contributed by atoms with Gasteiger partial charge < -0.3 is 4.74 Å². The van der Waals surface area contributed by atoms with Gasteiger partial charge in [-0.3, -0.25) is 0 Å². The number of hydrogen-bond acceptors (Lipinski definition) is 4. The van der Waals surface area contributed by atoms with Crippen molar-refractivity contribution in [1.82, 2.24) is 14.6 Å². The molecule has 0 aliphatic heterocycles. The highest BCUT2D eigenvalue weighted by atomic mass is 16.5. The van der Waals surface area contributed by atoms with E-state index in [1.54, 1.807) is 10.7 Å². The standard InChI is InChI=1S/C11H11N3O2/c1-16-11(15)8-6-13-14-9(7-2-3-7)4-5-12-10(8)14/h4-7H,2-3H2,1H3. The highest BCUT2D eigenvalue weighted by molar-refractivity contribution is 5.95. The molecule has 1 saturated carbocycles. The molecular weight excluding hydrogens is 206 g/mol. The van der Waals surface area contributed by atoms with Crippen molar-refractivity contribution in [2.24, 2.45) is 0 Å². The molecule has 1 aliphatic rings. The number of fused-ring (bicyclic) bond motifs is 1. The molecule has 2 aromatic heterocycles. The number of carbonyl (C=O) groups is 1. The van der Waals surface area contributed by atoms with Crippen molar-refractivity contribution in [2.75, 3.05) is 7.11 Å². The second-order valence-electron chi connectivity index (χ2n) is 3.93. The lowest BCUT2D eigenvalue weighted by Crippen LogP contribution is -2.03. The first-order valence-electron chi connectivity index (χ1n) is 5.22. The van der Waals surface area contributed by atoms with Gasteiger partial charge in [0.05, 0.1) is 13.3 Å². The molecule has 0 N–H and O–H groups in total. The Morgan fingerprint density at radius 1 is 1.56 bits per heavy atom. The fraction of sp³-hybridized carbons (Fsp3) is 0.364. The van der Waals surface area contributed by atoms with Gasteiger partial charge >= 0.3 is 5.97 Å². The van der Waals surface area contributed by atoms with Crippen LogP contribution >= 0.6 is 0 Å². The van der Waals surface area contributed by atoms with Crippen molar-refractivity contribution in [1.29, 1.82) is 0 Å². The minimum absolute atomic E-state index is 0.393. The second kappa shape index (κ2) is 3.30. The highest BCUT2D eigenvalue weighted by Gasteiger charge is 2.27. The lowest BCUT2D eigenvalue weighted by atomic mass is 10.3. The molecule has 2 heterocycles. The van der Waals surface area contributed by atoms with E-state index >= 15 is 0 Å². The molecule has 0 aromatic carbocycles. The normalized spacial score (nSPS) is 15.3. The Morgan fingerprint density at radius 2 is 2.38 bits per heavy atom. The van der Waals surface area contributed by atoms with Crippen LogP contribution in [0.1, 0.15) is 34.8 Å². The average molecular weight is 217 g/mol. The SMILES string of the molecule is COC(=O)c1cnn2c(C3CC3)ccnc12. The van der Waals surface area contributed by atoms with Crippen molar-refractivity contribution in [3.63, 3.8) is 0 Å². The van der Waals surface area contributed by atoms with Gasteiger partial charge in [0, 0.05) is 17.8 Å². The molecule has 0 amide bonds. The zero-order valence-corrected chi connectivity index (χ0v) is 8.88. The summed E-state index contributed by atoms with van der Waals surface area (Å²) >= 11 is 0. The quantitative estimate of drug-likeness (QED) is 0.713. The Bertz CT molecular complexity index is 557. The predicted octanol–water partition coefficient (Wildman–Crippen LogP) is 1.39. The Hall–Kier alpha value is -1.91. The summed E-state index contributed by atoms with van der Waals surface area (Å²) in [5.74, 6) is 0.173. The largest absolute Gasteiger partial charge is 0.465 e. The molecule has 0 atom stereocenters. The van der Waals surface area contributed by atoms with E-state index in [1.807, 2.05) is 6.07 Å². The van der Waals surface area contributed by atoms with Crippen molar-refractivity contribution in [3.8, 4) is 0 Å². The third kappa shape index (κ3) is 1.28. The Morgan fingerprint density at radius 3 is 3.06 bits per heavy atom. The minimum atomic E-state index is -0.393. The smallest absolute Gasteiger partial charge is 0.343 e. The third-order valence-corrected chi connectivity index (χ3v) is 2.83. The fourth-order valence-electron chi connectivity index (χ4n) is 1.85. The number of rotatable bonds is 2. The van der Waals surface area contributed by atoms with Crippen LogP contribution in [0.15, 0.2) is 18.5 Å². The molecule has 0 saturated heterocycles. The zero-order valence-electron chi connectivity index (χ0n) is 8.88. The van der Waals surface area contributed by atoms with Crippen LogP contribution in [-0.2, 0) is 4.74 Å². The molecular formula is C11H11N3O2. The summed E-state index contributed by atoms with van der Waals surface area (Å²) in [5.41, 5.74) is 2.13. The maximum absolute atomic E-state index is 11.5. The van der Waals surface area contributed by atoms with Gasteiger partial charge in [0.2, 0.25) is 0 Å². The summed E-state index contributed by atoms with van der Waals surface area (Å²) in [6.45, 7) is 0. The number of hydrogen-bond donors (Lipinski definition) is 0. The van der Waals surface area contributed by atoms with Crippen molar-refractivity contribution < 1.29 is 9.53 Å². The van der Waals surface area contributed by atoms with E-state index < -0.39 is 5.97 Å². The van der Waals surface area contributed by atoms with E-state index in [2.05, 4.69) is 14.8 Å². The lowest BCUT2D eigenvalue weighted by molar-refractivity contribution is 0.0602. The van der Waals surface area contributed by atoms with Crippen LogP contribution in [0.4, 0.5) is 0 Å². The van der Waals surface area contributed by atoms with Gasteiger partial charge in [-0.2, -0.15) is 5.10 Å². The lowest BCUT2D eigenvalue weighted by Gasteiger charge is -2.01. The summed E-state index contributed by atoms with van der Waals surface area (Å²) in [6.07, 6.45) is 5.61. The maximum Gasteiger partial charge on any atom is 0.343 e. The van der Waals surface area contributed by atoms with Gasteiger partial charge in [0.15, 0.2) is 5.65 Å². The van der Waals surface area contributed by atoms with Crippen LogP contribution < -0.4 is 0 Å². The Kier molecular flexibility index (Phi) is 1.92. The molecule has 16 heavy (non-hydrogen) atoms. The Labute approximate surface area is 92.1 Å². The number of methoxy groups -OCH3 is 1. The molecule has 0 unspecified atom stereocenters. The molecule has 0 radical (unpaired) electrons. The van der Waals surface area contributed by atoms with Crippen molar-refractivity contribution in [2.45, 2.75) is 18.8 Å². The summed E-state index contributed by atoms with van der Waals surface area (Å²) in [6, 6.07) is 1.96. The van der Waals surface area contributed by atoms with E-state index in [9.17, 15) is 4.79 Å². The zero-order chi connectivity index (χ0) is 11.1. The maximum atomic E-state index is 11.5. The van der Waals surface area contributed by atoms with Crippen molar-refractivity contribution in [3.05, 3.63) is 29.7 Å². The summed E-state index contributed by atoms with van der Waals surface area (Å²) in [5, 5.41) is 4.20. The van der Waals surface area contributed by atoms with E-state index in [0.717, 1.165) is 5.69 Å². The number of esters is 1. The van der Waals surface area contributed by atoms with Gasteiger partial charge in [-0.25, -0.2) is 14.3 Å². The summed E-state index contributed by atoms with van der Waals surface area (Å²) in [7, 11) is 1.36. The average Bonchev–Trinajstić information content (AvgIpc) is 3.07. The third-order valence-electron chi connectivity index (χ3n) is 2.83. The summed E-state index contributed by atoms with van der Waals surface area (Å²) in [4.78, 5) is 15.7. The fourth-order valence-corrected chi connectivity index (χ4v) is 1.85. The minimum Gasteiger partial charge on any atom is -0.465 e. The monoisotopic (exact) mass is 217 g/mol. The van der Waals surface area contributed by atoms with E-state index in [-0.39, 0.29) is 0 Å². The van der Waals surface area contributed by atoms with Crippen LogP contribution in [0.25, 0.3) is 5.65 Å². The van der Waals surface area contributed by atoms with Crippen LogP contribution in [0.2, 0.25) is 0 Å². The van der Waals surface area contributed by atoms with Gasteiger partial charge in [-0.15, -0.1) is 0 Å². The van der Waals surface area contributed by atoms with Gasteiger partial charge in [0.1, 0.15) is 5.56 Å². The number of ether oxygens (including phenoxy) is 1. The Balaban J connectivity index is 2.20. The van der Waals surface area contributed by atoms with E-state index in [0.29, 0.717) is 17.1 Å². The van der Waals surface area contributed by atoms with E-state index in [4.69, 9.17) is 0 Å².